The van der Waals surface area contributed by atoms with Gasteiger partial charge < -0.3 is 15.5 Å². The first-order valence-electron chi connectivity index (χ1n) is 23.8. The van der Waals surface area contributed by atoms with Gasteiger partial charge in [-0.05, 0) is 77.0 Å². The van der Waals surface area contributed by atoms with Gasteiger partial charge in [0.2, 0.25) is 5.91 Å². The first kappa shape index (κ1) is 53.6. The zero-order valence-electron chi connectivity index (χ0n) is 36.9. The molecule has 2 unspecified atom stereocenters. The summed E-state index contributed by atoms with van der Waals surface area (Å²) in [6.45, 7) is 4.15. The van der Waals surface area contributed by atoms with Gasteiger partial charge in [0.1, 0.15) is 0 Å². The zero-order chi connectivity index (χ0) is 40.7. The van der Waals surface area contributed by atoms with Crippen LogP contribution in [0, 0.1) is 0 Å². The van der Waals surface area contributed by atoms with Gasteiger partial charge in [0.05, 0.1) is 18.8 Å². The van der Waals surface area contributed by atoms with Gasteiger partial charge in [-0.2, -0.15) is 0 Å². The van der Waals surface area contributed by atoms with E-state index in [-0.39, 0.29) is 12.5 Å². The van der Waals surface area contributed by atoms with Crippen LogP contribution in [0.1, 0.15) is 219 Å². The molecule has 4 nitrogen and oxygen atoms in total. The lowest BCUT2D eigenvalue weighted by Crippen LogP contribution is -2.45. The number of hydrogen-bond acceptors (Lipinski definition) is 3. The Balaban J connectivity index is 3.50. The predicted octanol–water partition coefficient (Wildman–Crippen LogP) is 15.2. The minimum absolute atomic E-state index is 0.0774. The van der Waals surface area contributed by atoms with E-state index in [1.54, 1.807) is 6.08 Å². The van der Waals surface area contributed by atoms with E-state index >= 15 is 0 Å². The van der Waals surface area contributed by atoms with Crippen LogP contribution < -0.4 is 5.32 Å². The number of amides is 1. The molecule has 0 aromatic rings. The molecule has 322 valence electrons. The average Bonchev–Trinajstić information content (AvgIpc) is 3.20. The molecule has 0 fully saturated rings. The van der Waals surface area contributed by atoms with Crippen molar-refractivity contribution in [1.29, 1.82) is 0 Å². The Bertz CT molecular complexity index is 1020. The van der Waals surface area contributed by atoms with Crippen molar-refractivity contribution in [2.24, 2.45) is 0 Å². The Morgan fingerprint density at radius 2 is 0.804 bits per heavy atom. The van der Waals surface area contributed by atoms with Crippen molar-refractivity contribution in [3.8, 4) is 0 Å². The van der Waals surface area contributed by atoms with E-state index in [0.29, 0.717) is 6.42 Å². The number of unbranched alkanes of at least 4 members (excludes halogenated alkanes) is 23. The van der Waals surface area contributed by atoms with Crippen LogP contribution in [0.5, 0.6) is 0 Å². The van der Waals surface area contributed by atoms with E-state index < -0.39 is 12.1 Å². The molecule has 0 aliphatic rings. The van der Waals surface area contributed by atoms with E-state index in [0.717, 1.165) is 64.2 Å². The van der Waals surface area contributed by atoms with Crippen LogP contribution in [-0.4, -0.2) is 34.9 Å². The van der Waals surface area contributed by atoms with Crippen LogP contribution >= 0.6 is 0 Å². The third-order valence-electron chi connectivity index (χ3n) is 10.4. The van der Waals surface area contributed by atoms with Gasteiger partial charge in [-0.15, -0.1) is 0 Å². The zero-order valence-corrected chi connectivity index (χ0v) is 36.9. The molecule has 1 amide bonds. The topological polar surface area (TPSA) is 69.6 Å². The third-order valence-corrected chi connectivity index (χ3v) is 10.4. The standard InChI is InChI=1S/C52H91NO3/c1-3-5-7-9-11-13-15-16-17-18-19-20-21-22-23-24-25-26-27-28-29-30-31-32-33-34-35-36-38-40-42-44-46-48-52(56)53-50(49-54)51(55)47-45-43-41-39-37-14-12-10-8-6-4-2/h5,7,11,13,16-17,19-20,22-23,37,39,45,47,50-51,54-55H,3-4,6,8-10,12,14-15,18,21,24-36,38,40-44,46,48-49H2,1-2H3,(H,53,56)/b7-5-,13-11-,17-16-,20-19-,23-22-,39-37+,47-45+. The number of rotatable bonds is 42. The van der Waals surface area contributed by atoms with Gasteiger partial charge in [-0.1, -0.05) is 221 Å². The first-order valence-corrected chi connectivity index (χ1v) is 23.8. The molecule has 0 saturated carbocycles. The van der Waals surface area contributed by atoms with E-state index in [4.69, 9.17) is 0 Å². The smallest absolute Gasteiger partial charge is 0.220 e. The van der Waals surface area contributed by atoms with Gasteiger partial charge in [-0.25, -0.2) is 0 Å². The maximum Gasteiger partial charge on any atom is 0.220 e. The highest BCUT2D eigenvalue weighted by Crippen LogP contribution is 2.15. The molecule has 4 heteroatoms. The average molecular weight is 778 g/mol. The molecule has 0 aromatic heterocycles. The lowest BCUT2D eigenvalue weighted by atomic mass is 10.0. The molecule has 0 spiro atoms. The normalized spacial score (nSPS) is 13.7. The lowest BCUT2D eigenvalue weighted by molar-refractivity contribution is -0.123. The lowest BCUT2D eigenvalue weighted by Gasteiger charge is -2.19. The summed E-state index contributed by atoms with van der Waals surface area (Å²) in [5, 5.41) is 22.9. The van der Waals surface area contributed by atoms with E-state index in [2.05, 4.69) is 92.1 Å². The Kier molecular flexibility index (Phi) is 44.9. The van der Waals surface area contributed by atoms with Gasteiger partial charge in [0.15, 0.2) is 0 Å². The number of aliphatic hydroxyl groups excluding tert-OH is 2. The van der Waals surface area contributed by atoms with Crippen LogP contribution in [0.2, 0.25) is 0 Å². The Morgan fingerprint density at radius 3 is 1.25 bits per heavy atom. The molecule has 0 aromatic carbocycles. The van der Waals surface area contributed by atoms with Gasteiger partial charge in [0.25, 0.3) is 0 Å². The highest BCUT2D eigenvalue weighted by atomic mass is 16.3. The minimum atomic E-state index is -0.863. The second kappa shape index (κ2) is 46.9. The summed E-state index contributed by atoms with van der Waals surface area (Å²) >= 11 is 0. The molecule has 0 saturated heterocycles. The van der Waals surface area contributed by atoms with Crippen molar-refractivity contribution >= 4 is 5.91 Å². The largest absolute Gasteiger partial charge is 0.394 e. The minimum Gasteiger partial charge on any atom is -0.394 e. The van der Waals surface area contributed by atoms with Gasteiger partial charge >= 0.3 is 0 Å². The number of hydrogen-bond donors (Lipinski definition) is 3. The van der Waals surface area contributed by atoms with Crippen LogP contribution in [-0.2, 0) is 4.79 Å². The third kappa shape index (κ3) is 42.7. The number of allylic oxidation sites excluding steroid dienone is 13. The summed E-state index contributed by atoms with van der Waals surface area (Å²) < 4.78 is 0. The van der Waals surface area contributed by atoms with Gasteiger partial charge in [0, 0.05) is 6.42 Å². The summed E-state index contributed by atoms with van der Waals surface area (Å²) in [6, 6.07) is -0.640. The summed E-state index contributed by atoms with van der Waals surface area (Å²) in [4.78, 5) is 12.4. The first-order chi connectivity index (χ1) is 27.7. The van der Waals surface area contributed by atoms with Crippen LogP contribution in [0.15, 0.2) is 85.1 Å². The number of nitrogens with one attached hydrogen (secondary N) is 1. The highest BCUT2D eigenvalue weighted by Gasteiger charge is 2.17. The molecule has 0 rings (SSSR count). The van der Waals surface area contributed by atoms with Crippen LogP contribution in [0.4, 0.5) is 0 Å². The molecule has 0 aliphatic heterocycles. The van der Waals surface area contributed by atoms with Crippen molar-refractivity contribution in [3.05, 3.63) is 85.1 Å². The van der Waals surface area contributed by atoms with E-state index in [9.17, 15) is 15.0 Å². The fraction of sp³-hybridized carbons (Fsp3) is 0.712. The number of carbonyl (C=O) groups is 1. The SMILES string of the molecule is CC/C=C\C/C=C\C/C=C\C/C=C\C/C=C\CCCCCCCCCCCCCCCCCCCC(=O)NC(CO)C(O)/C=C/CC/C=C/CCCCCCC. The van der Waals surface area contributed by atoms with Gasteiger partial charge in [-0.3, -0.25) is 4.79 Å². The van der Waals surface area contributed by atoms with Crippen molar-refractivity contribution in [1.82, 2.24) is 5.32 Å². The monoisotopic (exact) mass is 778 g/mol. The van der Waals surface area contributed by atoms with E-state index in [1.165, 1.54) is 135 Å². The Hall–Kier alpha value is -2.43. The molecule has 2 atom stereocenters. The molecule has 0 heterocycles. The van der Waals surface area contributed by atoms with Crippen LogP contribution in [0.25, 0.3) is 0 Å². The summed E-state index contributed by atoms with van der Waals surface area (Å²) in [7, 11) is 0. The molecular weight excluding hydrogens is 687 g/mol. The summed E-state index contributed by atoms with van der Waals surface area (Å²) in [5.74, 6) is -0.0774. The van der Waals surface area contributed by atoms with Crippen LogP contribution in [0.3, 0.4) is 0 Å². The quantitative estimate of drug-likeness (QED) is 0.0427. The molecule has 0 radical (unpaired) electrons. The predicted molar refractivity (Wildman–Crippen MR) is 248 cm³/mol. The second-order valence-corrected chi connectivity index (χ2v) is 15.8. The fourth-order valence-corrected chi connectivity index (χ4v) is 6.75. The molecule has 3 N–H and O–H groups in total. The maximum atomic E-state index is 12.4. The molecule has 0 aliphatic carbocycles. The second-order valence-electron chi connectivity index (χ2n) is 15.8. The van der Waals surface area contributed by atoms with Crippen molar-refractivity contribution < 1.29 is 15.0 Å². The summed E-state index contributed by atoms with van der Waals surface area (Å²) in [5.41, 5.74) is 0. The molecular formula is C52H91NO3. The number of aliphatic hydroxyl groups is 2. The van der Waals surface area contributed by atoms with Crippen molar-refractivity contribution in [2.45, 2.75) is 231 Å². The molecule has 56 heavy (non-hydrogen) atoms. The highest BCUT2D eigenvalue weighted by molar-refractivity contribution is 5.76. The van der Waals surface area contributed by atoms with E-state index in [1.807, 2.05) is 6.08 Å². The Morgan fingerprint density at radius 1 is 0.446 bits per heavy atom. The number of carbonyl (C=O) groups excluding carboxylic acids is 1. The van der Waals surface area contributed by atoms with Crippen molar-refractivity contribution in [2.75, 3.05) is 6.61 Å². The summed E-state index contributed by atoms with van der Waals surface area (Å²) in [6.07, 6.45) is 68.6. The van der Waals surface area contributed by atoms with Crippen molar-refractivity contribution in [3.63, 3.8) is 0 Å². The fourth-order valence-electron chi connectivity index (χ4n) is 6.75. The molecule has 0 bridgehead atoms. The Labute approximate surface area is 348 Å². The maximum absolute atomic E-state index is 12.4.